The van der Waals surface area contributed by atoms with Crippen LogP contribution in [0.4, 0.5) is 5.69 Å². The molecular weight excluding hydrogens is 242 g/mol. The van der Waals surface area contributed by atoms with Crippen molar-refractivity contribution < 1.29 is 13.9 Å². The molecule has 0 saturated heterocycles. The summed E-state index contributed by atoms with van der Waals surface area (Å²) in [6.07, 6.45) is 2.33. The van der Waals surface area contributed by atoms with Gasteiger partial charge in [-0.15, -0.1) is 0 Å². The van der Waals surface area contributed by atoms with Crippen LogP contribution >= 0.6 is 0 Å². The number of aldehydes is 1. The second-order valence-electron chi connectivity index (χ2n) is 3.80. The van der Waals surface area contributed by atoms with Gasteiger partial charge in [-0.05, 0) is 24.9 Å². The summed E-state index contributed by atoms with van der Waals surface area (Å²) in [5, 5.41) is 0. The van der Waals surface area contributed by atoms with Gasteiger partial charge in [0.2, 0.25) is 0 Å². The summed E-state index contributed by atoms with van der Waals surface area (Å²) in [4.78, 5) is 14.6. The summed E-state index contributed by atoms with van der Waals surface area (Å²) in [5.74, 6) is 1.70. The molecule has 0 bridgehead atoms. The van der Waals surface area contributed by atoms with Gasteiger partial charge in [0.05, 0.1) is 12.7 Å². The van der Waals surface area contributed by atoms with Crippen molar-refractivity contribution in [3.05, 3.63) is 42.2 Å². The summed E-state index contributed by atoms with van der Waals surface area (Å²) in [6, 6.07) is 6.87. The van der Waals surface area contributed by atoms with E-state index in [-0.39, 0.29) is 0 Å². The Morgan fingerprint density at radius 2 is 2.16 bits per heavy atom. The van der Waals surface area contributed by atoms with Crippen molar-refractivity contribution in [1.29, 1.82) is 0 Å². The van der Waals surface area contributed by atoms with E-state index < -0.39 is 0 Å². The molecule has 0 radical (unpaired) electrons. The monoisotopic (exact) mass is 255 g/mol. The lowest BCUT2D eigenvalue weighted by molar-refractivity contribution is 0.112. The lowest BCUT2D eigenvalue weighted by atomic mass is 10.1. The van der Waals surface area contributed by atoms with Crippen molar-refractivity contribution >= 4 is 24.8 Å². The molecular formula is C15H13NO3. The number of hydrogen-bond donors (Lipinski definition) is 0. The van der Waals surface area contributed by atoms with Crippen molar-refractivity contribution in [1.82, 2.24) is 0 Å². The lowest BCUT2D eigenvalue weighted by Gasteiger charge is -2.06. The van der Waals surface area contributed by atoms with E-state index in [1.165, 1.54) is 7.11 Å². The van der Waals surface area contributed by atoms with Crippen LogP contribution in [-0.2, 0) is 0 Å². The molecule has 19 heavy (non-hydrogen) atoms. The minimum absolute atomic E-state index is 0.540. The molecule has 96 valence electrons. The first-order valence-corrected chi connectivity index (χ1v) is 5.60. The first kappa shape index (κ1) is 12.8. The highest BCUT2D eigenvalue weighted by Crippen LogP contribution is 2.36. The average molecular weight is 255 g/mol. The van der Waals surface area contributed by atoms with E-state index in [4.69, 9.17) is 9.15 Å². The summed E-state index contributed by atoms with van der Waals surface area (Å²) < 4.78 is 10.9. The van der Waals surface area contributed by atoms with Crippen LogP contribution in [0, 0.1) is 0 Å². The van der Waals surface area contributed by atoms with Crippen LogP contribution in [0.25, 0.3) is 17.4 Å². The minimum Gasteiger partial charge on any atom is -0.496 e. The number of benzene rings is 1. The number of ether oxygens (including phenoxy) is 1. The standard InChI is InChI=1S/C15H13NO3/c1-4-13-12(16-2)8-15(19-13)11-6-5-10(9-17)7-14(11)18-3/h4-9H,1-2H2,3H3. The Balaban J connectivity index is 2.57. The maximum absolute atomic E-state index is 10.8. The predicted molar refractivity (Wildman–Crippen MR) is 75.4 cm³/mol. The number of aliphatic imine (C=N–C) groups is 1. The largest absolute Gasteiger partial charge is 0.496 e. The molecule has 0 saturated carbocycles. The topological polar surface area (TPSA) is 51.8 Å². The van der Waals surface area contributed by atoms with Gasteiger partial charge in [-0.3, -0.25) is 9.79 Å². The summed E-state index contributed by atoms with van der Waals surface area (Å²) in [6.45, 7) is 7.14. The zero-order chi connectivity index (χ0) is 13.8. The SMILES string of the molecule is C=Cc1oc(-c2ccc(C=O)cc2OC)cc1N=C. The van der Waals surface area contributed by atoms with Crippen molar-refractivity contribution in [3.8, 4) is 17.1 Å². The van der Waals surface area contributed by atoms with Crippen LogP contribution in [0.15, 0.2) is 40.3 Å². The van der Waals surface area contributed by atoms with Crippen molar-refractivity contribution in [2.24, 2.45) is 4.99 Å². The van der Waals surface area contributed by atoms with E-state index in [0.29, 0.717) is 28.5 Å². The third-order valence-corrected chi connectivity index (χ3v) is 2.72. The van der Waals surface area contributed by atoms with Gasteiger partial charge in [0.1, 0.15) is 23.5 Å². The Bertz CT molecular complexity index is 615. The Labute approximate surface area is 111 Å². The molecule has 0 aliphatic carbocycles. The van der Waals surface area contributed by atoms with Gasteiger partial charge >= 0.3 is 0 Å². The maximum Gasteiger partial charge on any atom is 0.152 e. The Hall–Kier alpha value is -2.62. The van der Waals surface area contributed by atoms with Gasteiger partial charge < -0.3 is 9.15 Å². The summed E-state index contributed by atoms with van der Waals surface area (Å²) >= 11 is 0. The molecule has 2 aromatic rings. The quantitative estimate of drug-likeness (QED) is 0.604. The van der Waals surface area contributed by atoms with Crippen molar-refractivity contribution in [2.75, 3.05) is 7.11 Å². The number of nitrogens with zero attached hydrogens (tertiary/aromatic N) is 1. The van der Waals surface area contributed by atoms with Crippen LogP contribution in [0.1, 0.15) is 16.1 Å². The minimum atomic E-state index is 0.540. The molecule has 0 amide bonds. The van der Waals surface area contributed by atoms with E-state index in [1.807, 2.05) is 0 Å². The second-order valence-corrected chi connectivity index (χ2v) is 3.80. The van der Waals surface area contributed by atoms with E-state index in [1.54, 1.807) is 30.3 Å². The van der Waals surface area contributed by atoms with Gasteiger partial charge in [-0.1, -0.05) is 12.6 Å². The van der Waals surface area contributed by atoms with Gasteiger partial charge in [-0.25, -0.2) is 0 Å². The van der Waals surface area contributed by atoms with Crippen LogP contribution in [0.2, 0.25) is 0 Å². The van der Waals surface area contributed by atoms with E-state index in [0.717, 1.165) is 11.8 Å². The zero-order valence-electron chi connectivity index (χ0n) is 10.6. The van der Waals surface area contributed by atoms with Gasteiger partial charge in [0.15, 0.2) is 5.76 Å². The van der Waals surface area contributed by atoms with Gasteiger partial charge in [-0.2, -0.15) is 0 Å². The normalized spacial score (nSPS) is 9.95. The number of furan rings is 1. The number of methoxy groups -OCH3 is 1. The molecule has 0 unspecified atom stereocenters. The third kappa shape index (κ3) is 2.33. The van der Waals surface area contributed by atoms with Gasteiger partial charge in [0.25, 0.3) is 0 Å². The highest BCUT2D eigenvalue weighted by molar-refractivity contribution is 5.80. The number of hydrogen-bond acceptors (Lipinski definition) is 4. The lowest BCUT2D eigenvalue weighted by Crippen LogP contribution is -1.89. The summed E-state index contributed by atoms with van der Waals surface area (Å²) in [7, 11) is 1.54. The van der Waals surface area contributed by atoms with E-state index in [2.05, 4.69) is 18.3 Å². The molecule has 4 heteroatoms. The third-order valence-electron chi connectivity index (χ3n) is 2.72. The maximum atomic E-state index is 10.8. The fourth-order valence-corrected chi connectivity index (χ4v) is 1.78. The molecule has 1 aromatic carbocycles. The molecule has 2 rings (SSSR count). The molecule has 0 N–H and O–H groups in total. The van der Waals surface area contributed by atoms with E-state index in [9.17, 15) is 4.79 Å². The van der Waals surface area contributed by atoms with Crippen molar-refractivity contribution in [2.45, 2.75) is 0 Å². The number of rotatable bonds is 5. The second kappa shape index (κ2) is 5.35. The summed E-state index contributed by atoms with van der Waals surface area (Å²) in [5.41, 5.74) is 1.90. The highest BCUT2D eigenvalue weighted by Gasteiger charge is 2.13. The molecule has 0 aliphatic rings. The van der Waals surface area contributed by atoms with Gasteiger partial charge in [0, 0.05) is 11.6 Å². The number of carbonyl (C=O) groups excluding carboxylic acids is 1. The Morgan fingerprint density at radius 1 is 1.37 bits per heavy atom. The predicted octanol–water partition coefficient (Wildman–Crippen LogP) is 3.74. The average Bonchev–Trinajstić information content (AvgIpc) is 2.89. The molecule has 0 fully saturated rings. The smallest absolute Gasteiger partial charge is 0.152 e. The van der Waals surface area contributed by atoms with Crippen LogP contribution in [0.5, 0.6) is 5.75 Å². The Morgan fingerprint density at radius 3 is 2.68 bits per heavy atom. The van der Waals surface area contributed by atoms with Crippen molar-refractivity contribution in [3.63, 3.8) is 0 Å². The van der Waals surface area contributed by atoms with Crippen LogP contribution in [-0.4, -0.2) is 20.1 Å². The molecule has 0 spiro atoms. The van der Waals surface area contributed by atoms with Crippen LogP contribution in [0.3, 0.4) is 0 Å². The first-order chi connectivity index (χ1) is 9.23. The molecule has 1 aromatic heterocycles. The van der Waals surface area contributed by atoms with E-state index >= 15 is 0 Å². The zero-order valence-corrected chi connectivity index (χ0v) is 10.6. The fraction of sp³-hybridized carbons (Fsp3) is 0.0667. The van der Waals surface area contributed by atoms with Crippen LogP contribution < -0.4 is 4.74 Å². The molecule has 1 heterocycles. The highest BCUT2D eigenvalue weighted by atomic mass is 16.5. The fourth-order valence-electron chi connectivity index (χ4n) is 1.78. The molecule has 0 atom stereocenters. The number of carbonyl (C=O) groups is 1. The first-order valence-electron chi connectivity index (χ1n) is 5.60. The Kier molecular flexibility index (Phi) is 3.61. The molecule has 4 nitrogen and oxygen atoms in total. The molecule has 0 aliphatic heterocycles.